The molecule has 0 atom stereocenters. The molecule has 9 heteroatoms. The molecule has 0 saturated carbocycles. The molecule has 2 aromatic carbocycles. The van der Waals surface area contributed by atoms with Crippen molar-refractivity contribution in [2.45, 2.75) is 18.6 Å². The lowest BCUT2D eigenvalue weighted by atomic mass is 10.1. The molecule has 0 fully saturated rings. The van der Waals surface area contributed by atoms with Crippen molar-refractivity contribution in [1.29, 1.82) is 0 Å². The van der Waals surface area contributed by atoms with Gasteiger partial charge in [0.25, 0.3) is 5.91 Å². The number of fused-ring (bicyclic) bond motifs is 1. The average Bonchev–Trinajstić information content (AvgIpc) is 3.25. The highest BCUT2D eigenvalue weighted by Crippen LogP contribution is 2.35. The van der Waals surface area contributed by atoms with Gasteiger partial charge in [0, 0.05) is 30.4 Å². The SMILES string of the molecule is CCn1c(-c2ccc3c(c2)OCCO3)cnc1SCC(=O)Nc1cccc(C(=O)NC)c1. The van der Waals surface area contributed by atoms with E-state index in [1.165, 1.54) is 11.8 Å². The Labute approximate surface area is 190 Å². The maximum atomic E-state index is 12.5. The molecule has 0 saturated heterocycles. The summed E-state index contributed by atoms with van der Waals surface area (Å²) in [5, 5.41) is 6.16. The van der Waals surface area contributed by atoms with Crippen LogP contribution in [0.1, 0.15) is 17.3 Å². The highest BCUT2D eigenvalue weighted by atomic mass is 32.2. The molecule has 1 aliphatic rings. The van der Waals surface area contributed by atoms with Crippen LogP contribution in [-0.4, -0.2) is 47.4 Å². The second-order valence-corrected chi connectivity index (χ2v) is 7.97. The van der Waals surface area contributed by atoms with Crippen LogP contribution < -0.4 is 20.1 Å². The highest BCUT2D eigenvalue weighted by molar-refractivity contribution is 7.99. The van der Waals surface area contributed by atoms with Crippen LogP contribution in [0.5, 0.6) is 11.5 Å². The molecular formula is C23H24N4O4S. The molecule has 0 radical (unpaired) electrons. The Hall–Kier alpha value is -3.46. The van der Waals surface area contributed by atoms with Crippen molar-refractivity contribution in [1.82, 2.24) is 14.9 Å². The summed E-state index contributed by atoms with van der Waals surface area (Å²) >= 11 is 1.36. The van der Waals surface area contributed by atoms with Gasteiger partial charge in [0.05, 0.1) is 17.6 Å². The molecule has 1 aromatic heterocycles. The number of carbonyl (C=O) groups excluding carboxylic acids is 2. The van der Waals surface area contributed by atoms with E-state index in [0.29, 0.717) is 31.0 Å². The van der Waals surface area contributed by atoms with E-state index in [4.69, 9.17) is 9.47 Å². The summed E-state index contributed by atoms with van der Waals surface area (Å²) in [6, 6.07) is 12.7. The first-order valence-corrected chi connectivity index (χ1v) is 11.3. The number of hydrogen-bond acceptors (Lipinski definition) is 6. The smallest absolute Gasteiger partial charge is 0.251 e. The van der Waals surface area contributed by atoms with E-state index in [1.54, 1.807) is 31.3 Å². The Balaban J connectivity index is 1.44. The number of benzene rings is 2. The van der Waals surface area contributed by atoms with Crippen LogP contribution in [-0.2, 0) is 11.3 Å². The topological polar surface area (TPSA) is 94.5 Å². The molecular weight excluding hydrogens is 428 g/mol. The summed E-state index contributed by atoms with van der Waals surface area (Å²) in [7, 11) is 1.57. The lowest BCUT2D eigenvalue weighted by Gasteiger charge is -2.19. The van der Waals surface area contributed by atoms with Crippen LogP contribution in [0, 0.1) is 0 Å². The quantitative estimate of drug-likeness (QED) is 0.534. The van der Waals surface area contributed by atoms with Crippen LogP contribution in [0.2, 0.25) is 0 Å². The summed E-state index contributed by atoms with van der Waals surface area (Å²) in [4.78, 5) is 28.8. The van der Waals surface area contributed by atoms with Gasteiger partial charge in [0.1, 0.15) is 13.2 Å². The number of ether oxygens (including phenoxy) is 2. The first-order valence-electron chi connectivity index (χ1n) is 10.3. The molecule has 0 aliphatic carbocycles. The number of rotatable bonds is 7. The number of aromatic nitrogens is 2. The molecule has 0 spiro atoms. The fourth-order valence-electron chi connectivity index (χ4n) is 3.42. The number of hydrogen-bond donors (Lipinski definition) is 2. The Morgan fingerprint density at radius 2 is 1.94 bits per heavy atom. The minimum absolute atomic E-state index is 0.171. The van der Waals surface area contributed by atoms with Gasteiger partial charge in [0.2, 0.25) is 5.91 Å². The zero-order chi connectivity index (χ0) is 22.5. The van der Waals surface area contributed by atoms with Gasteiger partial charge >= 0.3 is 0 Å². The van der Waals surface area contributed by atoms with Gasteiger partial charge in [-0.05, 0) is 43.3 Å². The monoisotopic (exact) mass is 452 g/mol. The number of anilines is 1. The Kier molecular flexibility index (Phi) is 6.65. The molecule has 2 amide bonds. The van der Waals surface area contributed by atoms with Gasteiger partial charge in [-0.3, -0.25) is 9.59 Å². The zero-order valence-electron chi connectivity index (χ0n) is 17.9. The minimum atomic E-state index is -0.202. The lowest BCUT2D eigenvalue weighted by Crippen LogP contribution is -2.19. The Morgan fingerprint density at radius 3 is 2.72 bits per heavy atom. The third-order valence-corrected chi connectivity index (χ3v) is 5.93. The van der Waals surface area contributed by atoms with E-state index in [-0.39, 0.29) is 17.6 Å². The lowest BCUT2D eigenvalue weighted by molar-refractivity contribution is -0.113. The summed E-state index contributed by atoms with van der Waals surface area (Å²) in [5.41, 5.74) is 2.99. The van der Waals surface area contributed by atoms with Crippen LogP contribution >= 0.6 is 11.8 Å². The van der Waals surface area contributed by atoms with Gasteiger partial charge in [0.15, 0.2) is 16.7 Å². The number of thioether (sulfide) groups is 1. The molecule has 166 valence electrons. The fourth-order valence-corrected chi connectivity index (χ4v) is 4.27. The van der Waals surface area contributed by atoms with Crippen molar-refractivity contribution in [2.75, 3.05) is 31.3 Å². The predicted molar refractivity (Wildman–Crippen MR) is 124 cm³/mol. The normalized spacial score (nSPS) is 12.3. The third kappa shape index (κ3) is 4.72. The van der Waals surface area contributed by atoms with Crippen LogP contribution in [0.4, 0.5) is 5.69 Å². The Morgan fingerprint density at radius 1 is 1.12 bits per heavy atom. The first-order chi connectivity index (χ1) is 15.6. The van der Waals surface area contributed by atoms with Gasteiger partial charge in [-0.2, -0.15) is 0 Å². The number of nitrogens with zero attached hydrogens (tertiary/aromatic N) is 2. The molecule has 2 heterocycles. The van der Waals surface area contributed by atoms with Gasteiger partial charge < -0.3 is 24.7 Å². The summed E-state index contributed by atoms with van der Waals surface area (Å²) in [6.45, 7) is 3.84. The molecule has 0 bridgehead atoms. The van der Waals surface area contributed by atoms with E-state index < -0.39 is 0 Å². The van der Waals surface area contributed by atoms with Gasteiger partial charge in [-0.15, -0.1) is 0 Å². The van der Waals surface area contributed by atoms with Crippen molar-refractivity contribution < 1.29 is 19.1 Å². The molecule has 0 unspecified atom stereocenters. The largest absolute Gasteiger partial charge is 0.486 e. The number of carbonyl (C=O) groups is 2. The van der Waals surface area contributed by atoms with E-state index in [0.717, 1.165) is 27.9 Å². The summed E-state index contributed by atoms with van der Waals surface area (Å²) < 4.78 is 13.4. The minimum Gasteiger partial charge on any atom is -0.486 e. The average molecular weight is 453 g/mol. The number of imidazole rings is 1. The highest BCUT2D eigenvalue weighted by Gasteiger charge is 2.17. The maximum Gasteiger partial charge on any atom is 0.251 e. The standard InChI is InChI=1S/C23H24N4O4S/c1-3-27-18(15-7-8-19-20(12-15)31-10-9-30-19)13-25-23(27)32-14-21(28)26-17-6-4-5-16(11-17)22(29)24-2/h4-8,11-13H,3,9-10,14H2,1-2H3,(H,24,29)(H,26,28). The zero-order valence-corrected chi connectivity index (χ0v) is 18.7. The van der Waals surface area contributed by atoms with Crippen LogP contribution in [0.25, 0.3) is 11.3 Å². The second-order valence-electron chi connectivity index (χ2n) is 7.03. The van der Waals surface area contributed by atoms with Crippen molar-refractivity contribution in [3.8, 4) is 22.8 Å². The van der Waals surface area contributed by atoms with Gasteiger partial charge in [-0.25, -0.2) is 4.98 Å². The predicted octanol–water partition coefficient (Wildman–Crippen LogP) is 3.43. The first kappa shape index (κ1) is 21.8. The summed E-state index contributed by atoms with van der Waals surface area (Å²) in [5.74, 6) is 1.30. The van der Waals surface area contributed by atoms with E-state index in [2.05, 4.69) is 20.2 Å². The van der Waals surface area contributed by atoms with Crippen molar-refractivity contribution in [3.63, 3.8) is 0 Å². The Bertz CT molecular complexity index is 1140. The second kappa shape index (κ2) is 9.78. The van der Waals surface area contributed by atoms with Crippen LogP contribution in [0.3, 0.4) is 0 Å². The third-order valence-electron chi connectivity index (χ3n) is 4.94. The maximum absolute atomic E-state index is 12.5. The molecule has 32 heavy (non-hydrogen) atoms. The molecule has 2 N–H and O–H groups in total. The number of nitrogens with one attached hydrogen (secondary N) is 2. The molecule has 4 rings (SSSR count). The molecule has 1 aliphatic heterocycles. The van der Waals surface area contributed by atoms with E-state index in [1.807, 2.05) is 31.3 Å². The van der Waals surface area contributed by atoms with Crippen molar-refractivity contribution >= 4 is 29.3 Å². The van der Waals surface area contributed by atoms with E-state index in [9.17, 15) is 9.59 Å². The summed E-state index contributed by atoms with van der Waals surface area (Å²) in [6.07, 6.45) is 1.81. The fraction of sp³-hybridized carbons (Fsp3) is 0.261. The van der Waals surface area contributed by atoms with Crippen LogP contribution in [0.15, 0.2) is 53.8 Å². The molecule has 8 nitrogen and oxygen atoms in total. The van der Waals surface area contributed by atoms with E-state index >= 15 is 0 Å². The van der Waals surface area contributed by atoms with Crippen molar-refractivity contribution in [2.24, 2.45) is 0 Å². The molecule has 3 aromatic rings. The number of amides is 2. The van der Waals surface area contributed by atoms with Gasteiger partial charge in [-0.1, -0.05) is 17.8 Å². The van der Waals surface area contributed by atoms with Crippen molar-refractivity contribution in [3.05, 3.63) is 54.2 Å².